The molecule has 5 heteroatoms. The molecule has 1 aromatic carbocycles. The zero-order valence-electron chi connectivity index (χ0n) is 17.7. The van der Waals surface area contributed by atoms with Crippen LogP contribution in [0.15, 0.2) is 86.0 Å². The Morgan fingerprint density at radius 2 is 1.52 bits per heavy atom. The van der Waals surface area contributed by atoms with Crippen LogP contribution < -0.4 is 0 Å². The Morgan fingerprint density at radius 3 is 2.19 bits per heavy atom. The summed E-state index contributed by atoms with van der Waals surface area (Å²) in [7, 11) is 0. The molecule has 1 fully saturated rings. The first kappa shape index (κ1) is 20.9. The number of carbonyl (C=O) groups excluding carboxylic acids is 1. The van der Waals surface area contributed by atoms with Gasteiger partial charge in [0.05, 0.1) is 5.92 Å². The van der Waals surface area contributed by atoms with E-state index in [0.717, 1.165) is 43.7 Å². The van der Waals surface area contributed by atoms with Crippen LogP contribution in [-0.2, 0) is 17.8 Å². The predicted octanol–water partition coefficient (Wildman–Crippen LogP) is 3.83. The van der Waals surface area contributed by atoms with Crippen LogP contribution in [-0.4, -0.2) is 51.9 Å². The summed E-state index contributed by atoms with van der Waals surface area (Å²) in [6.07, 6.45) is 9.80. The van der Waals surface area contributed by atoms with Gasteiger partial charge in [-0.2, -0.15) is 0 Å². The van der Waals surface area contributed by atoms with Gasteiger partial charge in [0.1, 0.15) is 0 Å². The standard InChI is InChI=1S/C26H28N4O/c1-2-15-30-17-16-29(19-22-7-11-27-12-8-22)20-25(26(30)31)18-21-3-5-23(6-4-21)24-9-13-28-14-10-24/h2-14,25H,1,15-20H2. The van der Waals surface area contributed by atoms with Crippen molar-refractivity contribution in [2.45, 2.75) is 13.0 Å². The number of pyridine rings is 2. The van der Waals surface area contributed by atoms with Gasteiger partial charge in [-0.3, -0.25) is 19.7 Å². The van der Waals surface area contributed by atoms with Gasteiger partial charge in [0, 0.05) is 57.5 Å². The zero-order valence-corrected chi connectivity index (χ0v) is 17.7. The van der Waals surface area contributed by atoms with Crippen molar-refractivity contribution in [1.29, 1.82) is 0 Å². The summed E-state index contributed by atoms with van der Waals surface area (Å²) in [5.41, 5.74) is 4.71. The third kappa shape index (κ3) is 5.44. The van der Waals surface area contributed by atoms with Crippen molar-refractivity contribution in [2.24, 2.45) is 5.92 Å². The number of hydrogen-bond acceptors (Lipinski definition) is 4. The third-order valence-electron chi connectivity index (χ3n) is 5.78. The van der Waals surface area contributed by atoms with E-state index in [-0.39, 0.29) is 11.8 Å². The number of amides is 1. The highest BCUT2D eigenvalue weighted by Gasteiger charge is 2.30. The second-order valence-electron chi connectivity index (χ2n) is 8.00. The van der Waals surface area contributed by atoms with Crippen molar-refractivity contribution in [1.82, 2.24) is 19.8 Å². The summed E-state index contributed by atoms with van der Waals surface area (Å²) in [6, 6.07) is 16.6. The Bertz CT molecular complexity index is 989. The normalized spacial score (nSPS) is 17.4. The van der Waals surface area contributed by atoms with Crippen molar-refractivity contribution in [3.8, 4) is 11.1 Å². The van der Waals surface area contributed by atoms with Crippen molar-refractivity contribution in [2.75, 3.05) is 26.2 Å². The van der Waals surface area contributed by atoms with Crippen molar-refractivity contribution < 1.29 is 4.79 Å². The molecule has 31 heavy (non-hydrogen) atoms. The van der Waals surface area contributed by atoms with Crippen LogP contribution in [0, 0.1) is 5.92 Å². The van der Waals surface area contributed by atoms with E-state index in [1.54, 1.807) is 12.4 Å². The van der Waals surface area contributed by atoms with Gasteiger partial charge in [-0.15, -0.1) is 6.58 Å². The van der Waals surface area contributed by atoms with E-state index < -0.39 is 0 Å². The Hall–Kier alpha value is -3.31. The molecule has 1 atom stereocenters. The smallest absolute Gasteiger partial charge is 0.227 e. The first-order valence-electron chi connectivity index (χ1n) is 10.7. The lowest BCUT2D eigenvalue weighted by molar-refractivity contribution is -0.134. The van der Waals surface area contributed by atoms with Gasteiger partial charge in [-0.1, -0.05) is 30.3 Å². The maximum atomic E-state index is 13.3. The fourth-order valence-corrected chi connectivity index (χ4v) is 4.15. The van der Waals surface area contributed by atoms with Crippen molar-refractivity contribution >= 4 is 5.91 Å². The van der Waals surface area contributed by atoms with E-state index in [1.165, 1.54) is 11.1 Å². The summed E-state index contributed by atoms with van der Waals surface area (Å²) in [4.78, 5) is 25.8. The second kappa shape index (κ2) is 10.1. The fraction of sp³-hybridized carbons (Fsp3) is 0.269. The van der Waals surface area contributed by atoms with Gasteiger partial charge >= 0.3 is 0 Å². The Balaban J connectivity index is 1.50. The lowest BCUT2D eigenvalue weighted by Crippen LogP contribution is -2.37. The molecule has 0 bridgehead atoms. The predicted molar refractivity (Wildman–Crippen MR) is 123 cm³/mol. The maximum absolute atomic E-state index is 13.3. The first-order valence-corrected chi connectivity index (χ1v) is 10.7. The molecule has 1 aliphatic rings. The molecular weight excluding hydrogens is 384 g/mol. The molecule has 1 unspecified atom stereocenters. The van der Waals surface area contributed by atoms with E-state index in [9.17, 15) is 4.79 Å². The lowest BCUT2D eigenvalue weighted by atomic mass is 9.95. The van der Waals surface area contributed by atoms with Crippen molar-refractivity contribution in [3.63, 3.8) is 0 Å². The maximum Gasteiger partial charge on any atom is 0.227 e. The third-order valence-corrected chi connectivity index (χ3v) is 5.78. The minimum Gasteiger partial charge on any atom is -0.337 e. The molecule has 1 aliphatic heterocycles. The molecule has 1 amide bonds. The van der Waals surface area contributed by atoms with E-state index in [4.69, 9.17) is 0 Å². The van der Waals surface area contributed by atoms with Crippen LogP contribution in [0.4, 0.5) is 0 Å². The highest BCUT2D eigenvalue weighted by Crippen LogP contribution is 2.22. The molecule has 0 N–H and O–H groups in total. The van der Waals surface area contributed by atoms with Crippen LogP contribution in [0.3, 0.4) is 0 Å². The summed E-state index contributed by atoms with van der Waals surface area (Å²) >= 11 is 0. The van der Waals surface area contributed by atoms with Crippen LogP contribution in [0.5, 0.6) is 0 Å². The second-order valence-corrected chi connectivity index (χ2v) is 8.00. The molecule has 0 saturated carbocycles. The summed E-state index contributed by atoms with van der Waals surface area (Å²) in [5, 5.41) is 0. The molecular formula is C26H28N4O. The first-order chi connectivity index (χ1) is 15.2. The molecule has 0 spiro atoms. The zero-order chi connectivity index (χ0) is 21.5. The van der Waals surface area contributed by atoms with E-state index >= 15 is 0 Å². The lowest BCUT2D eigenvalue weighted by Gasteiger charge is -2.23. The van der Waals surface area contributed by atoms with E-state index in [1.807, 2.05) is 47.6 Å². The van der Waals surface area contributed by atoms with E-state index in [2.05, 4.69) is 45.7 Å². The Morgan fingerprint density at radius 1 is 0.871 bits per heavy atom. The number of benzene rings is 1. The highest BCUT2D eigenvalue weighted by molar-refractivity contribution is 5.80. The number of carbonyl (C=O) groups is 1. The summed E-state index contributed by atoms with van der Waals surface area (Å²) in [5.74, 6) is 0.145. The van der Waals surface area contributed by atoms with Crippen molar-refractivity contribution in [3.05, 3.63) is 97.1 Å². The summed E-state index contributed by atoms with van der Waals surface area (Å²) in [6.45, 7) is 7.60. The number of nitrogens with zero attached hydrogens (tertiary/aromatic N) is 4. The number of rotatable bonds is 7. The average Bonchev–Trinajstić information content (AvgIpc) is 2.95. The molecule has 158 valence electrons. The Kier molecular flexibility index (Phi) is 6.85. The van der Waals surface area contributed by atoms with Gasteiger partial charge in [0.15, 0.2) is 0 Å². The summed E-state index contributed by atoms with van der Waals surface area (Å²) < 4.78 is 0. The van der Waals surface area contributed by atoms with Crippen LogP contribution in [0.2, 0.25) is 0 Å². The van der Waals surface area contributed by atoms with Crippen LogP contribution >= 0.6 is 0 Å². The van der Waals surface area contributed by atoms with Crippen LogP contribution in [0.25, 0.3) is 11.1 Å². The highest BCUT2D eigenvalue weighted by atomic mass is 16.2. The van der Waals surface area contributed by atoms with Gasteiger partial charge in [-0.05, 0) is 52.9 Å². The molecule has 2 aromatic heterocycles. The van der Waals surface area contributed by atoms with E-state index in [0.29, 0.717) is 6.54 Å². The van der Waals surface area contributed by atoms with Gasteiger partial charge in [0.2, 0.25) is 5.91 Å². The SMILES string of the molecule is C=CCN1CCN(Cc2ccncc2)CC(Cc2ccc(-c3ccncc3)cc2)C1=O. The molecule has 1 saturated heterocycles. The minimum absolute atomic E-state index is 0.0731. The molecule has 0 aliphatic carbocycles. The quantitative estimate of drug-likeness (QED) is 0.554. The van der Waals surface area contributed by atoms with Gasteiger partial charge < -0.3 is 4.90 Å². The van der Waals surface area contributed by atoms with Crippen LogP contribution in [0.1, 0.15) is 11.1 Å². The Labute approximate surface area is 184 Å². The van der Waals surface area contributed by atoms with Gasteiger partial charge in [-0.25, -0.2) is 0 Å². The molecule has 5 nitrogen and oxygen atoms in total. The molecule has 3 heterocycles. The molecule has 4 rings (SSSR count). The minimum atomic E-state index is -0.0731. The topological polar surface area (TPSA) is 49.3 Å². The monoisotopic (exact) mass is 412 g/mol. The fourth-order valence-electron chi connectivity index (χ4n) is 4.15. The molecule has 3 aromatic rings. The average molecular weight is 413 g/mol. The van der Waals surface area contributed by atoms with Gasteiger partial charge in [0.25, 0.3) is 0 Å². The molecule has 0 radical (unpaired) electrons. The number of hydrogen-bond donors (Lipinski definition) is 0. The largest absolute Gasteiger partial charge is 0.337 e. The number of aromatic nitrogens is 2.